The molecule has 4 rings (SSSR count). The molecule has 0 aliphatic carbocycles. The molecule has 0 radical (unpaired) electrons. The number of halogens is 1. The third kappa shape index (κ3) is 1.97. The van der Waals surface area contributed by atoms with Crippen molar-refractivity contribution in [1.82, 2.24) is 4.98 Å². The molecule has 3 heteroatoms. The molecule has 106 valence electrons. The Kier molecular flexibility index (Phi) is 3.09. The van der Waals surface area contributed by atoms with Crippen molar-refractivity contribution in [3.8, 4) is 16.9 Å². The molecule has 3 aromatic carbocycles. The Morgan fingerprint density at radius 2 is 1.50 bits per heavy atom. The highest BCUT2D eigenvalue weighted by Gasteiger charge is 2.15. The third-order valence-corrected chi connectivity index (χ3v) is 4.63. The first-order valence-corrected chi connectivity index (χ1v) is 7.80. The minimum atomic E-state index is 0.224. The maximum absolute atomic E-state index is 10.1. The molecule has 0 amide bonds. The number of fused-ring (bicyclic) bond motifs is 2. The van der Waals surface area contributed by atoms with E-state index in [9.17, 15) is 5.11 Å². The molecule has 0 fully saturated rings. The zero-order chi connectivity index (χ0) is 15.1. The number of phenols is 1. The Labute approximate surface area is 136 Å². The lowest BCUT2D eigenvalue weighted by molar-refractivity contribution is 0.473. The number of pyridine rings is 1. The lowest BCUT2D eigenvalue weighted by atomic mass is 9.96. The Balaban J connectivity index is 2.28. The van der Waals surface area contributed by atoms with Gasteiger partial charge in [-0.25, -0.2) is 4.98 Å². The van der Waals surface area contributed by atoms with Crippen LogP contribution in [0.5, 0.6) is 5.75 Å². The number of aromatic nitrogens is 1. The SMILES string of the molecule is Oc1ccc2nc3ccccc3c(-c3ccccc3)c2c1Br. The number of para-hydroxylation sites is 1. The van der Waals surface area contributed by atoms with Crippen molar-refractivity contribution in [3.05, 3.63) is 71.2 Å². The van der Waals surface area contributed by atoms with Crippen LogP contribution in [0, 0.1) is 0 Å². The van der Waals surface area contributed by atoms with Gasteiger partial charge in [0.05, 0.1) is 15.5 Å². The lowest BCUT2D eigenvalue weighted by Crippen LogP contribution is -1.90. The Morgan fingerprint density at radius 1 is 0.773 bits per heavy atom. The van der Waals surface area contributed by atoms with E-state index in [-0.39, 0.29) is 5.75 Å². The van der Waals surface area contributed by atoms with E-state index in [1.165, 1.54) is 0 Å². The normalized spacial score (nSPS) is 11.1. The minimum Gasteiger partial charge on any atom is -0.507 e. The van der Waals surface area contributed by atoms with Gasteiger partial charge in [0.15, 0.2) is 0 Å². The van der Waals surface area contributed by atoms with Crippen LogP contribution in [-0.2, 0) is 0 Å². The maximum atomic E-state index is 10.1. The first-order chi connectivity index (χ1) is 10.8. The molecule has 0 aliphatic rings. The van der Waals surface area contributed by atoms with E-state index in [2.05, 4.69) is 34.1 Å². The van der Waals surface area contributed by atoms with Gasteiger partial charge in [-0.15, -0.1) is 0 Å². The Hall–Kier alpha value is -2.39. The van der Waals surface area contributed by atoms with Crippen LogP contribution in [-0.4, -0.2) is 10.1 Å². The van der Waals surface area contributed by atoms with Gasteiger partial charge in [0, 0.05) is 16.3 Å². The largest absolute Gasteiger partial charge is 0.507 e. The topological polar surface area (TPSA) is 33.1 Å². The summed E-state index contributed by atoms with van der Waals surface area (Å²) in [6.07, 6.45) is 0. The summed E-state index contributed by atoms with van der Waals surface area (Å²) >= 11 is 3.52. The second-order valence-electron chi connectivity index (χ2n) is 5.16. The second kappa shape index (κ2) is 5.11. The molecule has 0 bridgehead atoms. The van der Waals surface area contributed by atoms with Gasteiger partial charge in [-0.2, -0.15) is 0 Å². The van der Waals surface area contributed by atoms with Gasteiger partial charge in [-0.1, -0.05) is 48.5 Å². The molecule has 4 aromatic rings. The van der Waals surface area contributed by atoms with E-state index in [4.69, 9.17) is 4.98 Å². The van der Waals surface area contributed by atoms with Gasteiger partial charge in [0.1, 0.15) is 5.75 Å². The lowest BCUT2D eigenvalue weighted by Gasteiger charge is -2.13. The molecule has 0 unspecified atom stereocenters. The second-order valence-corrected chi connectivity index (χ2v) is 5.96. The van der Waals surface area contributed by atoms with Crippen LogP contribution in [0.25, 0.3) is 32.9 Å². The van der Waals surface area contributed by atoms with Crippen molar-refractivity contribution in [2.24, 2.45) is 0 Å². The fraction of sp³-hybridized carbons (Fsp3) is 0. The molecule has 1 aromatic heterocycles. The van der Waals surface area contributed by atoms with Gasteiger partial charge in [-0.3, -0.25) is 0 Å². The third-order valence-electron chi connectivity index (χ3n) is 3.83. The average molecular weight is 350 g/mol. The van der Waals surface area contributed by atoms with E-state index in [1.807, 2.05) is 42.5 Å². The summed E-state index contributed by atoms with van der Waals surface area (Å²) < 4.78 is 0.683. The zero-order valence-electron chi connectivity index (χ0n) is 11.6. The van der Waals surface area contributed by atoms with Crippen LogP contribution in [0.1, 0.15) is 0 Å². The van der Waals surface area contributed by atoms with Crippen LogP contribution >= 0.6 is 15.9 Å². The van der Waals surface area contributed by atoms with Crippen LogP contribution in [0.4, 0.5) is 0 Å². The predicted molar refractivity (Wildman–Crippen MR) is 94.0 cm³/mol. The van der Waals surface area contributed by atoms with Crippen molar-refractivity contribution >= 4 is 37.7 Å². The number of hydrogen-bond donors (Lipinski definition) is 1. The monoisotopic (exact) mass is 349 g/mol. The summed E-state index contributed by atoms with van der Waals surface area (Å²) in [5.74, 6) is 0.224. The van der Waals surface area contributed by atoms with Crippen molar-refractivity contribution < 1.29 is 5.11 Å². The predicted octanol–water partition coefficient (Wildman–Crippen LogP) is 5.52. The van der Waals surface area contributed by atoms with Crippen molar-refractivity contribution in [3.63, 3.8) is 0 Å². The standard InChI is InChI=1S/C19H12BrNO/c20-19-16(22)11-10-15-18(19)17(12-6-2-1-3-7-12)13-8-4-5-9-14(13)21-15/h1-11,22H. The number of aromatic hydroxyl groups is 1. The summed E-state index contributed by atoms with van der Waals surface area (Å²) in [5, 5.41) is 12.1. The molecule has 0 atom stereocenters. The van der Waals surface area contributed by atoms with E-state index < -0.39 is 0 Å². The van der Waals surface area contributed by atoms with Gasteiger partial charge in [-0.05, 0) is 39.7 Å². The highest BCUT2D eigenvalue weighted by molar-refractivity contribution is 9.10. The molecule has 1 N–H and O–H groups in total. The smallest absolute Gasteiger partial charge is 0.130 e. The molecule has 22 heavy (non-hydrogen) atoms. The molecule has 0 saturated carbocycles. The number of nitrogens with zero attached hydrogens (tertiary/aromatic N) is 1. The Bertz CT molecular complexity index is 996. The highest BCUT2D eigenvalue weighted by atomic mass is 79.9. The van der Waals surface area contributed by atoms with Crippen LogP contribution in [0.2, 0.25) is 0 Å². The van der Waals surface area contributed by atoms with Gasteiger partial charge in [0.2, 0.25) is 0 Å². The maximum Gasteiger partial charge on any atom is 0.130 e. The van der Waals surface area contributed by atoms with Gasteiger partial charge < -0.3 is 5.11 Å². The van der Waals surface area contributed by atoms with Crippen LogP contribution < -0.4 is 0 Å². The zero-order valence-corrected chi connectivity index (χ0v) is 13.2. The van der Waals surface area contributed by atoms with Crippen molar-refractivity contribution in [2.75, 3.05) is 0 Å². The van der Waals surface area contributed by atoms with Gasteiger partial charge >= 0.3 is 0 Å². The van der Waals surface area contributed by atoms with Crippen LogP contribution in [0.15, 0.2) is 71.2 Å². The molecule has 0 aliphatic heterocycles. The molecule has 0 spiro atoms. The van der Waals surface area contributed by atoms with Crippen molar-refractivity contribution in [1.29, 1.82) is 0 Å². The highest BCUT2D eigenvalue weighted by Crippen LogP contribution is 2.41. The summed E-state index contributed by atoms with van der Waals surface area (Å²) in [6.45, 7) is 0. The first kappa shape index (κ1) is 13.3. The quantitative estimate of drug-likeness (QED) is 0.458. The summed E-state index contributed by atoms with van der Waals surface area (Å²) in [5.41, 5.74) is 4.01. The molecule has 2 nitrogen and oxygen atoms in total. The number of rotatable bonds is 1. The fourth-order valence-corrected chi connectivity index (χ4v) is 3.37. The van der Waals surface area contributed by atoms with E-state index >= 15 is 0 Å². The van der Waals surface area contributed by atoms with E-state index in [1.54, 1.807) is 6.07 Å². The first-order valence-electron chi connectivity index (χ1n) is 7.01. The molecule has 1 heterocycles. The average Bonchev–Trinajstić information content (AvgIpc) is 2.57. The summed E-state index contributed by atoms with van der Waals surface area (Å²) in [4.78, 5) is 4.72. The molecule has 0 saturated heterocycles. The van der Waals surface area contributed by atoms with Crippen LogP contribution in [0.3, 0.4) is 0 Å². The van der Waals surface area contributed by atoms with Gasteiger partial charge in [0.25, 0.3) is 0 Å². The van der Waals surface area contributed by atoms with E-state index in [0.29, 0.717) is 4.47 Å². The fourth-order valence-electron chi connectivity index (χ4n) is 2.84. The van der Waals surface area contributed by atoms with Crippen molar-refractivity contribution in [2.45, 2.75) is 0 Å². The Morgan fingerprint density at radius 3 is 2.32 bits per heavy atom. The summed E-state index contributed by atoms with van der Waals surface area (Å²) in [6, 6.07) is 21.8. The number of benzene rings is 3. The number of phenolic OH excluding ortho intramolecular Hbond substituents is 1. The number of hydrogen-bond acceptors (Lipinski definition) is 2. The molecular weight excluding hydrogens is 338 g/mol. The molecular formula is C19H12BrNO. The van der Waals surface area contributed by atoms with E-state index in [0.717, 1.165) is 32.9 Å². The summed E-state index contributed by atoms with van der Waals surface area (Å²) in [7, 11) is 0. The minimum absolute atomic E-state index is 0.224.